The van der Waals surface area contributed by atoms with Crippen molar-refractivity contribution in [2.24, 2.45) is 5.92 Å². The number of nitrogens with zero attached hydrogens (tertiary/aromatic N) is 2. The van der Waals surface area contributed by atoms with Gasteiger partial charge in [-0.05, 0) is 51.0 Å². The van der Waals surface area contributed by atoms with E-state index < -0.39 is 11.6 Å². The number of anilines is 1. The maximum Gasteiger partial charge on any atom is 0.315 e. The maximum atomic E-state index is 12.8. The van der Waals surface area contributed by atoms with Crippen LogP contribution in [0.2, 0.25) is 0 Å². The van der Waals surface area contributed by atoms with Gasteiger partial charge in [-0.3, -0.25) is 10.1 Å². The zero-order valence-corrected chi connectivity index (χ0v) is 18.5. The van der Waals surface area contributed by atoms with Crippen molar-refractivity contribution >= 4 is 28.4 Å². The standard InChI is InChI=1S/C20H29N5O3S/c1-7-12(2)15(21-18(27)23-20(3,4)5)16(26)22-19-25-24-17(29-19)13-8-10-14(28-6)11-9-13/h8-12,15H,7H2,1-6H3,(H2,21,23,27)(H,22,25,26). The molecule has 0 saturated heterocycles. The number of nitrogens with one attached hydrogen (secondary N) is 3. The molecule has 2 atom stereocenters. The highest BCUT2D eigenvalue weighted by Crippen LogP contribution is 2.28. The quantitative estimate of drug-likeness (QED) is 0.635. The molecule has 8 nitrogen and oxygen atoms in total. The molecular formula is C20H29N5O3S. The molecule has 0 fully saturated rings. The summed E-state index contributed by atoms with van der Waals surface area (Å²) in [6, 6.07) is 6.37. The minimum atomic E-state index is -0.685. The van der Waals surface area contributed by atoms with Crippen molar-refractivity contribution < 1.29 is 14.3 Å². The van der Waals surface area contributed by atoms with E-state index in [-0.39, 0.29) is 17.9 Å². The second-order valence-corrected chi connectivity index (χ2v) is 8.82. The molecule has 1 aromatic heterocycles. The van der Waals surface area contributed by atoms with Crippen LogP contribution in [0.15, 0.2) is 24.3 Å². The molecule has 1 heterocycles. The van der Waals surface area contributed by atoms with Crippen molar-refractivity contribution in [3.8, 4) is 16.3 Å². The number of ether oxygens (including phenoxy) is 1. The Bertz CT molecular complexity index is 829. The van der Waals surface area contributed by atoms with Gasteiger partial charge in [0.2, 0.25) is 11.0 Å². The lowest BCUT2D eigenvalue weighted by molar-refractivity contribution is -0.119. The Hall–Kier alpha value is -2.68. The lowest BCUT2D eigenvalue weighted by Gasteiger charge is -2.26. The predicted octanol–water partition coefficient (Wildman–Crippen LogP) is 3.66. The molecular weight excluding hydrogens is 390 g/mol. The number of rotatable bonds is 7. The molecule has 2 unspecified atom stereocenters. The molecule has 0 bridgehead atoms. The second kappa shape index (κ2) is 9.69. The van der Waals surface area contributed by atoms with Gasteiger partial charge in [0.1, 0.15) is 16.8 Å². The number of urea groups is 1. The van der Waals surface area contributed by atoms with E-state index in [2.05, 4.69) is 26.1 Å². The van der Waals surface area contributed by atoms with E-state index in [0.717, 1.165) is 17.7 Å². The van der Waals surface area contributed by atoms with Gasteiger partial charge in [-0.15, -0.1) is 10.2 Å². The number of carbonyl (C=O) groups is 2. The fraction of sp³-hybridized carbons (Fsp3) is 0.500. The molecule has 0 aliphatic carbocycles. The van der Waals surface area contributed by atoms with Crippen LogP contribution in [0.1, 0.15) is 41.0 Å². The third-order valence-corrected chi connectivity index (χ3v) is 5.15. The largest absolute Gasteiger partial charge is 0.497 e. The van der Waals surface area contributed by atoms with Crippen molar-refractivity contribution in [3.05, 3.63) is 24.3 Å². The lowest BCUT2D eigenvalue weighted by Crippen LogP contribution is -2.54. The average Bonchev–Trinajstić information content (AvgIpc) is 3.12. The maximum absolute atomic E-state index is 12.8. The molecule has 0 aliphatic rings. The topological polar surface area (TPSA) is 105 Å². The third-order valence-electron chi connectivity index (χ3n) is 4.26. The van der Waals surface area contributed by atoms with Crippen LogP contribution in [0, 0.1) is 5.92 Å². The first-order valence-corrected chi connectivity index (χ1v) is 10.3. The zero-order valence-electron chi connectivity index (χ0n) is 17.7. The van der Waals surface area contributed by atoms with Gasteiger partial charge in [0.25, 0.3) is 0 Å². The molecule has 0 saturated carbocycles. The SMILES string of the molecule is CCC(C)C(NC(=O)NC(C)(C)C)C(=O)Nc1nnc(-c2ccc(OC)cc2)s1. The molecule has 1 aromatic carbocycles. The summed E-state index contributed by atoms with van der Waals surface area (Å²) in [7, 11) is 1.61. The number of carbonyl (C=O) groups excluding carboxylic acids is 2. The summed E-state index contributed by atoms with van der Waals surface area (Å²) in [6.07, 6.45) is 0.737. The van der Waals surface area contributed by atoms with E-state index in [4.69, 9.17) is 4.74 Å². The summed E-state index contributed by atoms with van der Waals surface area (Å²) in [5.74, 6) is 0.387. The van der Waals surface area contributed by atoms with Crippen LogP contribution in [0.25, 0.3) is 10.6 Å². The molecule has 0 spiro atoms. The van der Waals surface area contributed by atoms with Crippen LogP contribution in [0.4, 0.5) is 9.93 Å². The molecule has 3 amide bonds. The van der Waals surface area contributed by atoms with Gasteiger partial charge in [0.15, 0.2) is 0 Å². The van der Waals surface area contributed by atoms with Crippen molar-refractivity contribution in [1.82, 2.24) is 20.8 Å². The van der Waals surface area contributed by atoms with Gasteiger partial charge < -0.3 is 15.4 Å². The molecule has 29 heavy (non-hydrogen) atoms. The first-order valence-electron chi connectivity index (χ1n) is 9.50. The number of methoxy groups -OCH3 is 1. The molecule has 3 N–H and O–H groups in total. The van der Waals surface area contributed by atoms with Crippen LogP contribution in [0.3, 0.4) is 0 Å². The Morgan fingerprint density at radius 2 is 1.83 bits per heavy atom. The van der Waals surface area contributed by atoms with E-state index in [9.17, 15) is 9.59 Å². The van der Waals surface area contributed by atoms with E-state index in [1.807, 2.05) is 58.9 Å². The molecule has 0 radical (unpaired) electrons. The highest BCUT2D eigenvalue weighted by atomic mass is 32.1. The van der Waals surface area contributed by atoms with Gasteiger partial charge in [-0.2, -0.15) is 0 Å². The molecule has 2 aromatic rings. The van der Waals surface area contributed by atoms with Crippen LogP contribution < -0.4 is 20.7 Å². The predicted molar refractivity (Wildman–Crippen MR) is 115 cm³/mol. The van der Waals surface area contributed by atoms with Crippen LogP contribution >= 0.6 is 11.3 Å². The number of aromatic nitrogens is 2. The van der Waals surface area contributed by atoms with Crippen LogP contribution in [-0.4, -0.2) is 40.8 Å². The van der Waals surface area contributed by atoms with Gasteiger partial charge in [-0.25, -0.2) is 4.79 Å². The smallest absolute Gasteiger partial charge is 0.315 e. The number of hydrogen-bond donors (Lipinski definition) is 3. The Balaban J connectivity index is 2.08. The summed E-state index contributed by atoms with van der Waals surface area (Å²) in [4.78, 5) is 25.1. The second-order valence-electron chi connectivity index (χ2n) is 7.84. The molecule has 9 heteroatoms. The highest BCUT2D eigenvalue weighted by Gasteiger charge is 2.28. The Morgan fingerprint density at radius 1 is 1.17 bits per heavy atom. The first-order chi connectivity index (χ1) is 13.6. The van der Waals surface area contributed by atoms with Gasteiger partial charge in [-0.1, -0.05) is 31.6 Å². The third kappa shape index (κ3) is 6.70. The van der Waals surface area contributed by atoms with Crippen LogP contribution in [-0.2, 0) is 4.79 Å². The molecule has 2 rings (SSSR count). The van der Waals surface area contributed by atoms with Gasteiger partial charge >= 0.3 is 6.03 Å². The summed E-state index contributed by atoms with van der Waals surface area (Å²) >= 11 is 1.27. The minimum absolute atomic E-state index is 0.0466. The molecule has 158 valence electrons. The Morgan fingerprint density at radius 3 is 2.38 bits per heavy atom. The monoisotopic (exact) mass is 419 g/mol. The highest BCUT2D eigenvalue weighted by molar-refractivity contribution is 7.18. The normalized spacial score (nSPS) is 13.3. The molecule has 0 aliphatic heterocycles. The van der Waals surface area contributed by atoms with Crippen molar-refractivity contribution in [1.29, 1.82) is 0 Å². The average molecular weight is 420 g/mol. The van der Waals surface area contributed by atoms with Gasteiger partial charge in [0.05, 0.1) is 7.11 Å². The summed E-state index contributed by atoms with van der Waals surface area (Å²) in [5, 5.41) is 17.6. The van der Waals surface area contributed by atoms with E-state index in [1.165, 1.54) is 11.3 Å². The number of benzene rings is 1. The van der Waals surface area contributed by atoms with Gasteiger partial charge in [0, 0.05) is 11.1 Å². The fourth-order valence-electron chi connectivity index (χ4n) is 2.53. The minimum Gasteiger partial charge on any atom is -0.497 e. The van der Waals surface area contributed by atoms with Crippen molar-refractivity contribution in [3.63, 3.8) is 0 Å². The fourth-order valence-corrected chi connectivity index (χ4v) is 3.28. The summed E-state index contributed by atoms with van der Waals surface area (Å²) < 4.78 is 5.15. The zero-order chi connectivity index (χ0) is 21.6. The van der Waals surface area contributed by atoms with E-state index in [1.54, 1.807) is 7.11 Å². The summed E-state index contributed by atoms with van der Waals surface area (Å²) in [6.45, 7) is 9.54. The summed E-state index contributed by atoms with van der Waals surface area (Å²) in [5.41, 5.74) is 0.484. The first kappa shape index (κ1) is 22.6. The lowest BCUT2D eigenvalue weighted by atomic mass is 9.98. The van der Waals surface area contributed by atoms with Crippen molar-refractivity contribution in [2.45, 2.75) is 52.6 Å². The number of hydrogen-bond acceptors (Lipinski definition) is 6. The number of amides is 3. The van der Waals surface area contributed by atoms with Crippen LogP contribution in [0.5, 0.6) is 5.75 Å². The van der Waals surface area contributed by atoms with Crippen molar-refractivity contribution in [2.75, 3.05) is 12.4 Å². The van der Waals surface area contributed by atoms with E-state index in [0.29, 0.717) is 10.1 Å². The Kier molecular flexibility index (Phi) is 7.55. The van der Waals surface area contributed by atoms with E-state index >= 15 is 0 Å². The Labute approximate surface area is 175 Å².